The molecule has 256 valence electrons. The van der Waals surface area contributed by atoms with Crippen LogP contribution < -0.4 is 0 Å². The molecule has 0 aromatic carbocycles. The zero-order valence-electron chi connectivity index (χ0n) is 28.1. The van der Waals surface area contributed by atoms with Crippen molar-refractivity contribution >= 4 is 5.97 Å². The van der Waals surface area contributed by atoms with Gasteiger partial charge in [0.25, 0.3) is 0 Å². The Labute approximate surface area is 268 Å². The van der Waals surface area contributed by atoms with Crippen molar-refractivity contribution in [1.82, 2.24) is 0 Å². The summed E-state index contributed by atoms with van der Waals surface area (Å²) in [4.78, 5) is 11.7. The van der Waals surface area contributed by atoms with Crippen LogP contribution in [-0.4, -0.2) is 70.1 Å². The predicted molar refractivity (Wildman–Crippen MR) is 175 cm³/mol. The van der Waals surface area contributed by atoms with Crippen molar-refractivity contribution in [2.75, 3.05) is 0 Å². The number of cyclic esters (lactones) is 1. The van der Waals surface area contributed by atoms with Gasteiger partial charge < -0.3 is 29.5 Å². The summed E-state index contributed by atoms with van der Waals surface area (Å²) in [6, 6.07) is 0. The summed E-state index contributed by atoms with van der Waals surface area (Å²) in [6.45, 7) is 4.06. The average Bonchev–Trinajstić information content (AvgIpc) is 3.77. The van der Waals surface area contributed by atoms with Gasteiger partial charge in [-0.3, -0.25) is 0 Å². The lowest BCUT2D eigenvalue weighted by molar-refractivity contribution is -0.139. The van der Waals surface area contributed by atoms with E-state index in [0.717, 1.165) is 77.0 Å². The van der Waals surface area contributed by atoms with Gasteiger partial charge in [-0.15, -0.1) is 0 Å². The lowest BCUT2D eigenvalue weighted by Gasteiger charge is -2.24. The third-order valence-electron chi connectivity index (χ3n) is 10.1. The largest absolute Gasteiger partial charge is 0.455 e. The Hall–Kier alpha value is -0.990. The molecule has 0 amide bonds. The fraction of sp³-hybridized carbons (Fsp3) is 0.919. The number of unbranched alkanes of at least 4 members (excludes halogenated alkanes) is 15. The van der Waals surface area contributed by atoms with E-state index in [0.29, 0.717) is 12.0 Å². The van der Waals surface area contributed by atoms with Gasteiger partial charge >= 0.3 is 5.97 Å². The Morgan fingerprint density at radius 2 is 1.05 bits per heavy atom. The monoisotopic (exact) mass is 622 g/mol. The highest BCUT2D eigenvalue weighted by Gasteiger charge is 2.40. The van der Waals surface area contributed by atoms with E-state index >= 15 is 0 Å². The minimum absolute atomic E-state index is 0.0539. The van der Waals surface area contributed by atoms with Gasteiger partial charge in [-0.25, -0.2) is 4.79 Å². The SMILES string of the molecule is CCCCCCCCCC[C@H](O)[C@H]1CCC([C@H]2CCC([C@H](O)CCCCCCCCCCCC(O)C3=CC(C)OC3=O)O2)O1. The Bertz CT molecular complexity index is 801. The number of aliphatic hydroxyl groups is 3. The highest BCUT2D eigenvalue weighted by atomic mass is 16.6. The minimum Gasteiger partial charge on any atom is -0.455 e. The Morgan fingerprint density at radius 1 is 0.636 bits per heavy atom. The fourth-order valence-corrected chi connectivity index (χ4v) is 7.27. The summed E-state index contributed by atoms with van der Waals surface area (Å²) in [7, 11) is 0. The van der Waals surface area contributed by atoms with Crippen LogP contribution in [0.2, 0.25) is 0 Å². The maximum Gasteiger partial charge on any atom is 0.337 e. The van der Waals surface area contributed by atoms with Gasteiger partial charge in [0.1, 0.15) is 6.10 Å². The second kappa shape index (κ2) is 21.7. The minimum atomic E-state index is -0.694. The fourth-order valence-electron chi connectivity index (χ4n) is 7.27. The number of carbonyl (C=O) groups is 1. The van der Waals surface area contributed by atoms with Gasteiger partial charge in [-0.1, -0.05) is 116 Å². The third-order valence-corrected chi connectivity index (χ3v) is 10.1. The molecule has 0 spiro atoms. The van der Waals surface area contributed by atoms with Crippen LogP contribution in [0.3, 0.4) is 0 Å². The Balaban J connectivity index is 1.13. The molecule has 3 rings (SSSR count). The molecule has 3 aliphatic rings. The van der Waals surface area contributed by atoms with E-state index in [9.17, 15) is 20.1 Å². The number of esters is 1. The van der Waals surface area contributed by atoms with E-state index in [-0.39, 0.29) is 42.6 Å². The lowest BCUT2D eigenvalue weighted by atomic mass is 10.00. The van der Waals surface area contributed by atoms with Gasteiger partial charge in [-0.05, 0) is 57.9 Å². The molecule has 8 atom stereocenters. The molecule has 2 fully saturated rings. The summed E-state index contributed by atoms with van der Waals surface area (Å²) in [5.41, 5.74) is 0.429. The first-order valence-electron chi connectivity index (χ1n) is 18.7. The molecule has 3 heterocycles. The van der Waals surface area contributed by atoms with Gasteiger partial charge in [-0.2, -0.15) is 0 Å². The van der Waals surface area contributed by atoms with E-state index in [4.69, 9.17) is 14.2 Å². The molecule has 0 saturated carbocycles. The maximum atomic E-state index is 11.7. The second-order valence-electron chi connectivity index (χ2n) is 14.0. The van der Waals surface area contributed by atoms with E-state index in [2.05, 4.69) is 6.92 Å². The average molecular weight is 623 g/mol. The Kier molecular flexibility index (Phi) is 18.5. The highest BCUT2D eigenvalue weighted by Crippen LogP contribution is 2.34. The van der Waals surface area contributed by atoms with Crippen LogP contribution in [0.25, 0.3) is 0 Å². The van der Waals surface area contributed by atoms with Crippen molar-refractivity contribution in [3.05, 3.63) is 11.6 Å². The first kappa shape index (κ1) is 37.5. The first-order chi connectivity index (χ1) is 21.4. The normalized spacial score (nSPS) is 27.4. The van der Waals surface area contributed by atoms with Crippen molar-refractivity contribution in [1.29, 1.82) is 0 Å². The molecule has 4 unspecified atom stereocenters. The van der Waals surface area contributed by atoms with Crippen molar-refractivity contribution < 1.29 is 34.3 Å². The topological polar surface area (TPSA) is 105 Å². The Morgan fingerprint density at radius 3 is 1.45 bits per heavy atom. The molecule has 2 saturated heterocycles. The van der Waals surface area contributed by atoms with Crippen LogP contribution >= 0.6 is 0 Å². The van der Waals surface area contributed by atoms with Gasteiger partial charge in [0, 0.05) is 0 Å². The smallest absolute Gasteiger partial charge is 0.337 e. The zero-order chi connectivity index (χ0) is 31.6. The van der Waals surface area contributed by atoms with Crippen LogP contribution in [0.5, 0.6) is 0 Å². The number of hydrogen-bond donors (Lipinski definition) is 3. The number of rotatable bonds is 25. The second-order valence-corrected chi connectivity index (χ2v) is 14.0. The highest BCUT2D eigenvalue weighted by molar-refractivity contribution is 5.91. The molecular weight excluding hydrogens is 556 g/mol. The molecule has 3 aliphatic heterocycles. The van der Waals surface area contributed by atoms with Crippen molar-refractivity contribution in [2.45, 2.75) is 217 Å². The number of ether oxygens (including phenoxy) is 3. The quantitative estimate of drug-likeness (QED) is 0.0703. The van der Waals surface area contributed by atoms with E-state index in [1.165, 1.54) is 70.6 Å². The van der Waals surface area contributed by atoms with Gasteiger partial charge in [0.2, 0.25) is 0 Å². The zero-order valence-corrected chi connectivity index (χ0v) is 28.1. The summed E-state index contributed by atoms with van der Waals surface area (Å²) < 4.78 is 17.6. The van der Waals surface area contributed by atoms with Gasteiger partial charge in [0.15, 0.2) is 0 Å². The van der Waals surface area contributed by atoms with Crippen LogP contribution in [0.15, 0.2) is 11.6 Å². The molecule has 7 heteroatoms. The summed E-state index contributed by atoms with van der Waals surface area (Å²) in [5, 5.41) is 31.6. The third kappa shape index (κ3) is 13.8. The van der Waals surface area contributed by atoms with Crippen LogP contribution in [0, 0.1) is 0 Å². The van der Waals surface area contributed by atoms with Gasteiger partial charge in [0.05, 0.1) is 48.3 Å². The van der Waals surface area contributed by atoms with E-state index in [1.807, 2.05) is 6.92 Å². The lowest BCUT2D eigenvalue weighted by Crippen LogP contribution is -2.33. The van der Waals surface area contributed by atoms with Crippen LogP contribution in [0.1, 0.15) is 168 Å². The molecule has 0 aromatic heterocycles. The molecule has 3 N–H and O–H groups in total. The van der Waals surface area contributed by atoms with E-state index in [1.54, 1.807) is 6.08 Å². The summed E-state index contributed by atoms with van der Waals surface area (Å²) in [6.07, 6.45) is 26.4. The molecule has 44 heavy (non-hydrogen) atoms. The maximum absolute atomic E-state index is 11.7. The number of aliphatic hydroxyl groups excluding tert-OH is 3. The van der Waals surface area contributed by atoms with Crippen LogP contribution in [-0.2, 0) is 19.0 Å². The van der Waals surface area contributed by atoms with Crippen molar-refractivity contribution in [3.8, 4) is 0 Å². The molecule has 0 radical (unpaired) electrons. The van der Waals surface area contributed by atoms with Crippen molar-refractivity contribution in [3.63, 3.8) is 0 Å². The molecule has 0 aliphatic carbocycles. The molecule has 7 nitrogen and oxygen atoms in total. The number of hydrogen-bond acceptors (Lipinski definition) is 7. The summed E-state index contributed by atoms with van der Waals surface area (Å²) >= 11 is 0. The van der Waals surface area contributed by atoms with Crippen molar-refractivity contribution in [2.24, 2.45) is 0 Å². The van der Waals surface area contributed by atoms with Crippen LogP contribution in [0.4, 0.5) is 0 Å². The summed E-state index contributed by atoms with van der Waals surface area (Å²) in [5.74, 6) is -0.370. The molecule has 0 bridgehead atoms. The molecule has 0 aromatic rings. The first-order valence-corrected chi connectivity index (χ1v) is 18.7. The standard InChI is InChI=1S/C37H66O7/c1-3-4-5-6-7-11-15-18-21-31(39)33-23-25-35(43-33)36-26-24-34(44-36)32(40)22-19-16-13-10-8-9-12-14-17-20-30(38)29-27-28(2)42-37(29)41/h27-28,30-36,38-40H,3-26H2,1-2H3/t28?,30?,31-,32+,33+,34?,35?,36+/m0/s1. The van der Waals surface area contributed by atoms with E-state index < -0.39 is 12.2 Å². The predicted octanol–water partition coefficient (Wildman–Crippen LogP) is 7.86. The molecular formula is C37H66O7. The number of carbonyl (C=O) groups excluding carboxylic acids is 1.